The molecule has 4 aromatic rings. The van der Waals surface area contributed by atoms with Gasteiger partial charge >= 0.3 is 0 Å². The van der Waals surface area contributed by atoms with Gasteiger partial charge in [-0.1, -0.05) is 40.2 Å². The van der Waals surface area contributed by atoms with E-state index in [1.807, 2.05) is 12.1 Å². The summed E-state index contributed by atoms with van der Waals surface area (Å²) in [4.78, 5) is 9.83. The first-order valence-corrected chi connectivity index (χ1v) is 10.2. The molecule has 0 aliphatic carbocycles. The van der Waals surface area contributed by atoms with Crippen LogP contribution in [-0.2, 0) is 5.75 Å². The monoisotopic (exact) mass is 430 g/mol. The first kappa shape index (κ1) is 16.7. The van der Waals surface area contributed by atoms with E-state index in [1.54, 1.807) is 41.6 Å². The summed E-state index contributed by atoms with van der Waals surface area (Å²) in [5.74, 6) is 0.591. The van der Waals surface area contributed by atoms with Crippen LogP contribution in [0.4, 0.5) is 4.39 Å². The molecule has 124 valence electrons. The second-order valence-corrected chi connectivity index (χ2v) is 8.17. The van der Waals surface area contributed by atoms with Crippen molar-refractivity contribution in [2.75, 3.05) is 0 Å². The molecule has 2 aromatic carbocycles. The molecule has 0 spiro atoms. The van der Waals surface area contributed by atoms with E-state index in [-0.39, 0.29) is 5.82 Å². The van der Waals surface area contributed by atoms with Gasteiger partial charge in [0.25, 0.3) is 0 Å². The zero-order valence-corrected chi connectivity index (χ0v) is 16.2. The standard InChI is InChI=1S/C19H12BrFN2S2/c20-14-3-1-2-12(8-14)9-24-18-17-16(10-25-19(17)23-11-22-18)13-4-6-15(21)7-5-13/h1-8,10-11H,9H2. The van der Waals surface area contributed by atoms with Crippen LogP contribution in [-0.4, -0.2) is 9.97 Å². The van der Waals surface area contributed by atoms with Crippen LogP contribution in [0, 0.1) is 5.82 Å². The van der Waals surface area contributed by atoms with Crippen LogP contribution in [0.5, 0.6) is 0 Å². The van der Waals surface area contributed by atoms with Gasteiger partial charge in [0.05, 0.1) is 5.39 Å². The number of rotatable bonds is 4. The molecule has 4 rings (SSSR count). The van der Waals surface area contributed by atoms with E-state index < -0.39 is 0 Å². The first-order chi connectivity index (χ1) is 12.2. The average Bonchev–Trinajstić information content (AvgIpc) is 3.05. The van der Waals surface area contributed by atoms with Gasteiger partial charge in [-0.05, 0) is 35.4 Å². The molecular formula is C19H12BrFN2S2. The van der Waals surface area contributed by atoms with Crippen molar-refractivity contribution in [1.29, 1.82) is 0 Å². The third-order valence-corrected chi connectivity index (χ3v) is 6.20. The van der Waals surface area contributed by atoms with E-state index in [0.29, 0.717) is 0 Å². The SMILES string of the molecule is Fc1ccc(-c2csc3ncnc(SCc4cccc(Br)c4)c23)cc1. The molecular weight excluding hydrogens is 419 g/mol. The Morgan fingerprint density at radius 2 is 1.92 bits per heavy atom. The highest BCUT2D eigenvalue weighted by Gasteiger charge is 2.13. The molecule has 0 unspecified atom stereocenters. The van der Waals surface area contributed by atoms with E-state index in [9.17, 15) is 4.39 Å². The largest absolute Gasteiger partial charge is 0.229 e. The number of fused-ring (bicyclic) bond motifs is 1. The van der Waals surface area contributed by atoms with Crippen LogP contribution in [0.2, 0.25) is 0 Å². The van der Waals surface area contributed by atoms with Crippen molar-refractivity contribution in [3.8, 4) is 11.1 Å². The summed E-state index contributed by atoms with van der Waals surface area (Å²) in [6.45, 7) is 0. The Labute approximate surface area is 161 Å². The van der Waals surface area contributed by atoms with Crippen LogP contribution >= 0.6 is 39.0 Å². The molecule has 0 fully saturated rings. The van der Waals surface area contributed by atoms with Crippen molar-refractivity contribution < 1.29 is 4.39 Å². The lowest BCUT2D eigenvalue weighted by molar-refractivity contribution is 0.628. The van der Waals surface area contributed by atoms with Gasteiger partial charge in [0.2, 0.25) is 0 Å². The summed E-state index contributed by atoms with van der Waals surface area (Å²) in [5, 5.41) is 4.06. The van der Waals surface area contributed by atoms with Gasteiger partial charge in [-0.15, -0.1) is 23.1 Å². The maximum absolute atomic E-state index is 13.2. The van der Waals surface area contributed by atoms with Gasteiger partial charge in [0.15, 0.2) is 0 Å². The van der Waals surface area contributed by atoms with Crippen LogP contribution in [0.15, 0.2) is 69.7 Å². The summed E-state index contributed by atoms with van der Waals surface area (Å²) >= 11 is 6.78. The molecule has 0 N–H and O–H groups in total. The van der Waals surface area contributed by atoms with Gasteiger partial charge < -0.3 is 0 Å². The fourth-order valence-corrected chi connectivity index (χ4v) is 4.96. The molecule has 0 bridgehead atoms. The van der Waals surface area contributed by atoms with Gasteiger partial charge in [-0.2, -0.15) is 0 Å². The summed E-state index contributed by atoms with van der Waals surface area (Å²) in [6, 6.07) is 14.8. The molecule has 0 aliphatic heterocycles. The first-order valence-electron chi connectivity index (χ1n) is 7.56. The van der Waals surface area contributed by atoms with Crippen LogP contribution in [0.25, 0.3) is 21.3 Å². The van der Waals surface area contributed by atoms with E-state index in [4.69, 9.17) is 0 Å². The highest BCUT2D eigenvalue weighted by atomic mass is 79.9. The van der Waals surface area contributed by atoms with Crippen LogP contribution in [0.1, 0.15) is 5.56 Å². The number of nitrogens with zero attached hydrogens (tertiary/aromatic N) is 2. The predicted molar refractivity (Wildman–Crippen MR) is 107 cm³/mol. The average molecular weight is 431 g/mol. The van der Waals surface area contributed by atoms with Crippen molar-refractivity contribution in [3.05, 3.63) is 76.1 Å². The molecule has 2 aromatic heterocycles. The quantitative estimate of drug-likeness (QED) is 0.271. The Bertz CT molecular complexity index is 1030. The topological polar surface area (TPSA) is 25.8 Å². The molecule has 0 saturated heterocycles. The third kappa shape index (κ3) is 3.61. The fourth-order valence-electron chi connectivity index (χ4n) is 2.58. The summed E-state index contributed by atoms with van der Waals surface area (Å²) in [7, 11) is 0. The Morgan fingerprint density at radius 3 is 2.72 bits per heavy atom. The predicted octanol–water partition coefficient (Wildman–Crippen LogP) is 6.55. The second kappa shape index (κ2) is 7.23. The van der Waals surface area contributed by atoms with Crippen molar-refractivity contribution >= 4 is 49.2 Å². The zero-order chi connectivity index (χ0) is 17.2. The van der Waals surface area contributed by atoms with E-state index in [1.165, 1.54) is 17.7 Å². The second-order valence-electron chi connectivity index (χ2n) is 5.43. The molecule has 2 nitrogen and oxygen atoms in total. The Kier molecular flexibility index (Phi) is 4.83. The Hall–Kier alpha value is -1.76. The fraction of sp³-hybridized carbons (Fsp3) is 0.0526. The molecule has 25 heavy (non-hydrogen) atoms. The number of thiophene rings is 1. The molecule has 0 saturated carbocycles. The van der Waals surface area contributed by atoms with Crippen molar-refractivity contribution in [3.63, 3.8) is 0 Å². The summed E-state index contributed by atoms with van der Waals surface area (Å²) < 4.78 is 14.3. The molecule has 6 heteroatoms. The molecule has 0 atom stereocenters. The lowest BCUT2D eigenvalue weighted by atomic mass is 10.1. The number of thioether (sulfide) groups is 1. The number of hydrogen-bond donors (Lipinski definition) is 0. The lowest BCUT2D eigenvalue weighted by Crippen LogP contribution is -1.87. The third-order valence-electron chi connectivity index (χ3n) is 3.76. The summed E-state index contributed by atoms with van der Waals surface area (Å²) in [5.41, 5.74) is 3.26. The van der Waals surface area contributed by atoms with Crippen molar-refractivity contribution in [1.82, 2.24) is 9.97 Å². The molecule has 0 radical (unpaired) electrons. The molecule has 2 heterocycles. The molecule has 0 amide bonds. The number of aromatic nitrogens is 2. The normalized spacial score (nSPS) is 11.1. The van der Waals surface area contributed by atoms with Crippen LogP contribution < -0.4 is 0 Å². The Balaban J connectivity index is 1.71. The van der Waals surface area contributed by atoms with Gasteiger partial charge in [0.1, 0.15) is 22.0 Å². The van der Waals surface area contributed by atoms with E-state index in [0.717, 1.165) is 36.6 Å². The molecule has 0 aliphatic rings. The van der Waals surface area contributed by atoms with Crippen LogP contribution in [0.3, 0.4) is 0 Å². The van der Waals surface area contributed by atoms with E-state index in [2.05, 4.69) is 43.4 Å². The highest BCUT2D eigenvalue weighted by Crippen LogP contribution is 2.38. The maximum atomic E-state index is 13.2. The maximum Gasteiger partial charge on any atom is 0.128 e. The van der Waals surface area contributed by atoms with Crippen molar-refractivity contribution in [2.45, 2.75) is 10.8 Å². The van der Waals surface area contributed by atoms with Gasteiger partial charge in [-0.3, -0.25) is 0 Å². The number of benzene rings is 2. The van der Waals surface area contributed by atoms with E-state index >= 15 is 0 Å². The van der Waals surface area contributed by atoms with Gasteiger partial charge in [-0.25, -0.2) is 14.4 Å². The minimum Gasteiger partial charge on any atom is -0.229 e. The lowest BCUT2D eigenvalue weighted by Gasteiger charge is -2.06. The minimum absolute atomic E-state index is 0.233. The number of halogens is 2. The minimum atomic E-state index is -0.233. The Morgan fingerprint density at radius 1 is 1.08 bits per heavy atom. The smallest absolute Gasteiger partial charge is 0.128 e. The van der Waals surface area contributed by atoms with Crippen molar-refractivity contribution in [2.24, 2.45) is 0 Å². The zero-order valence-electron chi connectivity index (χ0n) is 12.9. The summed E-state index contributed by atoms with van der Waals surface area (Å²) in [6.07, 6.45) is 1.61. The highest BCUT2D eigenvalue weighted by molar-refractivity contribution is 9.10. The van der Waals surface area contributed by atoms with Gasteiger partial charge in [0, 0.05) is 21.2 Å². The number of hydrogen-bond acceptors (Lipinski definition) is 4.